The summed E-state index contributed by atoms with van der Waals surface area (Å²) in [5, 5.41) is 0. The highest BCUT2D eigenvalue weighted by Crippen LogP contribution is 2.04. The van der Waals surface area contributed by atoms with Crippen molar-refractivity contribution in [1.82, 2.24) is 0 Å². The van der Waals surface area contributed by atoms with Gasteiger partial charge in [-0.1, -0.05) is 51.2 Å². The van der Waals surface area contributed by atoms with Crippen LogP contribution in [0.2, 0.25) is 0 Å². The standard InChI is InChI=1S/C12H23ClO/c1-2-3-4-5-6-8-11-14-12-9-7-10-13/h7,9H,2-6,8,10-12H2,1H3. The molecule has 14 heavy (non-hydrogen) atoms. The molecule has 0 aromatic rings. The molecule has 0 aliphatic carbocycles. The highest BCUT2D eigenvalue weighted by Gasteiger charge is 1.89. The minimum Gasteiger partial charge on any atom is -0.377 e. The van der Waals surface area contributed by atoms with E-state index in [4.69, 9.17) is 16.3 Å². The van der Waals surface area contributed by atoms with Crippen molar-refractivity contribution in [2.45, 2.75) is 45.4 Å². The lowest BCUT2D eigenvalue weighted by molar-refractivity contribution is 0.157. The maximum atomic E-state index is 5.47. The molecule has 0 bridgehead atoms. The van der Waals surface area contributed by atoms with Gasteiger partial charge in [-0.15, -0.1) is 11.6 Å². The first-order valence-corrected chi connectivity index (χ1v) is 6.24. The molecule has 0 atom stereocenters. The molecule has 0 aromatic heterocycles. The van der Waals surface area contributed by atoms with Gasteiger partial charge in [-0.2, -0.15) is 0 Å². The van der Waals surface area contributed by atoms with Crippen LogP contribution in [0.3, 0.4) is 0 Å². The number of halogens is 1. The number of rotatable bonds is 10. The summed E-state index contributed by atoms with van der Waals surface area (Å²) in [7, 11) is 0. The molecule has 0 unspecified atom stereocenters. The molecule has 0 amide bonds. The third kappa shape index (κ3) is 12.0. The summed E-state index contributed by atoms with van der Waals surface area (Å²) in [5.74, 6) is 0.584. The third-order valence-electron chi connectivity index (χ3n) is 2.11. The summed E-state index contributed by atoms with van der Waals surface area (Å²) in [6.45, 7) is 3.84. The van der Waals surface area contributed by atoms with Gasteiger partial charge in [0.2, 0.25) is 0 Å². The Bertz CT molecular complexity index is 123. The first-order valence-electron chi connectivity index (χ1n) is 5.70. The average Bonchev–Trinajstić information content (AvgIpc) is 2.21. The molecule has 0 saturated carbocycles. The summed E-state index contributed by atoms with van der Waals surface area (Å²) in [4.78, 5) is 0. The fourth-order valence-electron chi connectivity index (χ4n) is 1.27. The number of allylic oxidation sites excluding steroid dienone is 1. The largest absolute Gasteiger partial charge is 0.377 e. The molecule has 0 saturated heterocycles. The summed E-state index contributed by atoms with van der Waals surface area (Å²) < 4.78 is 5.40. The topological polar surface area (TPSA) is 9.23 Å². The summed E-state index contributed by atoms with van der Waals surface area (Å²) in [5.41, 5.74) is 0. The van der Waals surface area contributed by atoms with Gasteiger partial charge in [-0.25, -0.2) is 0 Å². The Morgan fingerprint density at radius 3 is 2.43 bits per heavy atom. The van der Waals surface area contributed by atoms with Crippen molar-refractivity contribution in [2.24, 2.45) is 0 Å². The number of alkyl halides is 1. The van der Waals surface area contributed by atoms with Crippen LogP contribution >= 0.6 is 11.6 Å². The maximum absolute atomic E-state index is 5.47. The van der Waals surface area contributed by atoms with Crippen molar-refractivity contribution in [1.29, 1.82) is 0 Å². The van der Waals surface area contributed by atoms with Crippen LogP contribution in [0.1, 0.15) is 45.4 Å². The quantitative estimate of drug-likeness (QED) is 0.304. The van der Waals surface area contributed by atoms with E-state index in [0.717, 1.165) is 6.61 Å². The Morgan fingerprint density at radius 2 is 1.71 bits per heavy atom. The van der Waals surface area contributed by atoms with Gasteiger partial charge >= 0.3 is 0 Å². The van der Waals surface area contributed by atoms with Crippen molar-refractivity contribution in [3.05, 3.63) is 12.2 Å². The molecule has 0 aliphatic heterocycles. The highest BCUT2D eigenvalue weighted by atomic mass is 35.5. The Labute approximate surface area is 93.5 Å². The van der Waals surface area contributed by atoms with Crippen molar-refractivity contribution in [3.63, 3.8) is 0 Å². The zero-order valence-corrected chi connectivity index (χ0v) is 10.1. The van der Waals surface area contributed by atoms with Gasteiger partial charge in [0.15, 0.2) is 0 Å². The Balaban J connectivity index is 2.88. The molecule has 1 nitrogen and oxygen atoms in total. The van der Waals surface area contributed by atoms with E-state index in [2.05, 4.69) is 6.92 Å². The SMILES string of the molecule is CCCCCCCCOCC=CCCl. The number of hydrogen-bond donors (Lipinski definition) is 0. The second kappa shape index (κ2) is 13.0. The molecule has 0 heterocycles. The van der Waals surface area contributed by atoms with Crippen LogP contribution in [-0.4, -0.2) is 19.1 Å². The number of ether oxygens (including phenoxy) is 1. The second-order valence-corrected chi connectivity index (χ2v) is 3.78. The van der Waals surface area contributed by atoms with Crippen molar-refractivity contribution >= 4 is 11.6 Å². The normalized spacial score (nSPS) is 11.3. The molecular formula is C12H23ClO. The molecule has 2 heteroatoms. The fraction of sp³-hybridized carbons (Fsp3) is 0.833. The Hall–Kier alpha value is -0.0100. The molecule has 0 N–H and O–H groups in total. The van der Waals surface area contributed by atoms with E-state index in [9.17, 15) is 0 Å². The van der Waals surface area contributed by atoms with Gasteiger partial charge < -0.3 is 4.74 Å². The fourth-order valence-corrected chi connectivity index (χ4v) is 1.39. The van der Waals surface area contributed by atoms with Crippen LogP contribution in [0.4, 0.5) is 0 Å². The van der Waals surface area contributed by atoms with Crippen molar-refractivity contribution < 1.29 is 4.74 Å². The Kier molecular flexibility index (Phi) is 13.0. The summed E-state index contributed by atoms with van der Waals surface area (Å²) >= 11 is 5.47. The van der Waals surface area contributed by atoms with Crippen molar-refractivity contribution in [2.75, 3.05) is 19.1 Å². The second-order valence-electron chi connectivity index (χ2n) is 3.47. The minimum atomic E-state index is 0.584. The van der Waals surface area contributed by atoms with Crippen LogP contribution in [0.5, 0.6) is 0 Å². The van der Waals surface area contributed by atoms with Crippen LogP contribution in [0.25, 0.3) is 0 Å². The molecular weight excluding hydrogens is 196 g/mol. The van der Waals surface area contributed by atoms with E-state index < -0.39 is 0 Å². The summed E-state index contributed by atoms with van der Waals surface area (Å²) in [6, 6.07) is 0. The van der Waals surface area contributed by atoms with E-state index in [1.807, 2.05) is 12.2 Å². The van der Waals surface area contributed by atoms with Crippen LogP contribution in [0.15, 0.2) is 12.2 Å². The third-order valence-corrected chi connectivity index (χ3v) is 2.29. The molecule has 0 fully saturated rings. The number of hydrogen-bond acceptors (Lipinski definition) is 1. The molecule has 0 aromatic carbocycles. The van der Waals surface area contributed by atoms with E-state index in [-0.39, 0.29) is 0 Å². The zero-order valence-electron chi connectivity index (χ0n) is 9.30. The molecule has 0 rings (SSSR count). The van der Waals surface area contributed by atoms with Gasteiger partial charge in [-0.05, 0) is 6.42 Å². The lowest BCUT2D eigenvalue weighted by Crippen LogP contribution is -1.94. The Morgan fingerprint density at radius 1 is 1.00 bits per heavy atom. The molecule has 0 spiro atoms. The maximum Gasteiger partial charge on any atom is 0.0647 e. The van der Waals surface area contributed by atoms with Crippen LogP contribution in [0, 0.1) is 0 Å². The zero-order chi connectivity index (χ0) is 10.5. The van der Waals surface area contributed by atoms with E-state index in [1.54, 1.807) is 0 Å². The van der Waals surface area contributed by atoms with Gasteiger partial charge in [0.05, 0.1) is 6.61 Å². The van der Waals surface area contributed by atoms with Gasteiger partial charge in [0, 0.05) is 12.5 Å². The minimum absolute atomic E-state index is 0.584. The smallest absolute Gasteiger partial charge is 0.0647 e. The lowest BCUT2D eigenvalue weighted by Gasteiger charge is -2.01. The van der Waals surface area contributed by atoms with Gasteiger partial charge in [0.25, 0.3) is 0 Å². The summed E-state index contributed by atoms with van der Waals surface area (Å²) in [6.07, 6.45) is 11.8. The highest BCUT2D eigenvalue weighted by molar-refractivity contribution is 6.18. The van der Waals surface area contributed by atoms with Crippen LogP contribution < -0.4 is 0 Å². The lowest BCUT2D eigenvalue weighted by atomic mass is 10.1. The van der Waals surface area contributed by atoms with Crippen LogP contribution in [-0.2, 0) is 4.74 Å². The average molecular weight is 219 g/mol. The first-order chi connectivity index (χ1) is 6.91. The van der Waals surface area contributed by atoms with E-state index in [1.165, 1.54) is 38.5 Å². The monoisotopic (exact) mass is 218 g/mol. The van der Waals surface area contributed by atoms with E-state index >= 15 is 0 Å². The predicted octanol–water partition coefficient (Wildman–Crippen LogP) is 4.16. The first kappa shape index (κ1) is 14.0. The molecule has 84 valence electrons. The molecule has 0 aliphatic rings. The van der Waals surface area contributed by atoms with Crippen molar-refractivity contribution in [3.8, 4) is 0 Å². The predicted molar refractivity (Wildman–Crippen MR) is 64.1 cm³/mol. The molecule has 0 radical (unpaired) electrons. The van der Waals surface area contributed by atoms with Gasteiger partial charge in [-0.3, -0.25) is 0 Å². The van der Waals surface area contributed by atoms with Gasteiger partial charge in [0.1, 0.15) is 0 Å². The number of unbranched alkanes of at least 4 members (excludes halogenated alkanes) is 5. The van der Waals surface area contributed by atoms with E-state index in [0.29, 0.717) is 12.5 Å².